The van der Waals surface area contributed by atoms with Crippen molar-refractivity contribution in [2.75, 3.05) is 6.61 Å². The maximum Gasteiger partial charge on any atom is 0.217 e. The minimum Gasteiger partial charge on any atom is -0.494 e. The van der Waals surface area contributed by atoms with Crippen LogP contribution in [-0.4, -0.2) is 18.6 Å². The third-order valence-electron chi connectivity index (χ3n) is 3.83. The highest BCUT2D eigenvalue weighted by Crippen LogP contribution is 2.23. The van der Waals surface area contributed by atoms with Crippen molar-refractivity contribution >= 4 is 5.91 Å². The molecule has 0 heterocycles. The van der Waals surface area contributed by atoms with Crippen LogP contribution in [0.1, 0.15) is 32.8 Å². The maximum absolute atomic E-state index is 11.2. The van der Waals surface area contributed by atoms with Gasteiger partial charge in [-0.15, -0.1) is 0 Å². The molecule has 23 heavy (non-hydrogen) atoms. The monoisotopic (exact) mass is 311 g/mol. The van der Waals surface area contributed by atoms with Crippen molar-refractivity contribution < 1.29 is 9.53 Å². The molecule has 0 aromatic heterocycles. The van der Waals surface area contributed by atoms with Crippen molar-refractivity contribution in [3.63, 3.8) is 0 Å². The third-order valence-corrected chi connectivity index (χ3v) is 3.83. The first-order valence-corrected chi connectivity index (χ1v) is 8.21. The van der Waals surface area contributed by atoms with E-state index in [1.54, 1.807) is 6.92 Å². The number of hydrogen-bond donors (Lipinski definition) is 1. The van der Waals surface area contributed by atoms with Gasteiger partial charge in [-0.25, -0.2) is 0 Å². The number of benzene rings is 2. The molecule has 1 amide bonds. The molecule has 122 valence electrons. The molecule has 1 atom stereocenters. The lowest BCUT2D eigenvalue weighted by Gasteiger charge is -2.16. The van der Waals surface area contributed by atoms with E-state index in [-0.39, 0.29) is 11.9 Å². The normalized spacial score (nSPS) is 11.8. The predicted molar refractivity (Wildman–Crippen MR) is 94.6 cm³/mol. The number of hydrogen-bond acceptors (Lipinski definition) is 2. The van der Waals surface area contributed by atoms with Crippen LogP contribution in [0.2, 0.25) is 0 Å². The minimum atomic E-state index is 0.0304. The Kier molecular flexibility index (Phi) is 6.21. The maximum atomic E-state index is 11.2. The molecule has 0 aliphatic heterocycles. The molecule has 0 saturated carbocycles. The summed E-state index contributed by atoms with van der Waals surface area (Å²) < 4.78 is 5.47. The summed E-state index contributed by atoms with van der Waals surface area (Å²) in [5.41, 5.74) is 3.60. The zero-order valence-electron chi connectivity index (χ0n) is 14.1. The van der Waals surface area contributed by atoms with Crippen molar-refractivity contribution in [1.82, 2.24) is 5.32 Å². The Balaban J connectivity index is 2.05. The number of ether oxygens (including phenoxy) is 1. The smallest absolute Gasteiger partial charge is 0.217 e. The highest BCUT2D eigenvalue weighted by molar-refractivity contribution is 5.73. The molecule has 3 heteroatoms. The van der Waals surface area contributed by atoms with Crippen molar-refractivity contribution in [3.05, 3.63) is 54.1 Å². The minimum absolute atomic E-state index is 0.0304. The van der Waals surface area contributed by atoms with Crippen LogP contribution in [0.25, 0.3) is 11.1 Å². The highest BCUT2D eigenvalue weighted by Gasteiger charge is 2.08. The quantitative estimate of drug-likeness (QED) is 0.832. The molecule has 2 aromatic rings. The second-order valence-corrected chi connectivity index (χ2v) is 5.66. The summed E-state index contributed by atoms with van der Waals surface area (Å²) in [6.07, 6.45) is 1.79. The average molecular weight is 311 g/mol. The van der Waals surface area contributed by atoms with Gasteiger partial charge < -0.3 is 10.1 Å². The van der Waals surface area contributed by atoms with Crippen LogP contribution in [0.4, 0.5) is 0 Å². The van der Waals surface area contributed by atoms with Crippen LogP contribution >= 0.6 is 0 Å². The van der Waals surface area contributed by atoms with Gasteiger partial charge in [0.2, 0.25) is 5.91 Å². The third kappa shape index (κ3) is 5.13. The van der Waals surface area contributed by atoms with Crippen molar-refractivity contribution in [2.45, 2.75) is 39.7 Å². The molecule has 0 aliphatic rings. The van der Waals surface area contributed by atoms with Gasteiger partial charge in [0.1, 0.15) is 5.75 Å². The van der Waals surface area contributed by atoms with E-state index in [0.717, 1.165) is 18.6 Å². The Morgan fingerprint density at radius 3 is 2.04 bits per heavy atom. The molecule has 0 radical (unpaired) electrons. The van der Waals surface area contributed by atoms with Gasteiger partial charge in [0.05, 0.1) is 6.61 Å². The zero-order chi connectivity index (χ0) is 16.7. The van der Waals surface area contributed by atoms with Crippen LogP contribution in [0.15, 0.2) is 48.5 Å². The number of nitrogens with one attached hydrogen (secondary N) is 1. The molecule has 0 bridgehead atoms. The van der Waals surface area contributed by atoms with Crippen LogP contribution in [0.3, 0.4) is 0 Å². The summed E-state index contributed by atoms with van der Waals surface area (Å²) in [5.74, 6) is 0.928. The molecular weight excluding hydrogens is 286 g/mol. The van der Waals surface area contributed by atoms with E-state index >= 15 is 0 Å². The largest absolute Gasteiger partial charge is 0.494 e. The van der Waals surface area contributed by atoms with Gasteiger partial charge in [-0.2, -0.15) is 0 Å². The fourth-order valence-corrected chi connectivity index (χ4v) is 2.61. The Bertz CT molecular complexity index is 617. The number of carbonyl (C=O) groups excluding carboxylic acids is 1. The Morgan fingerprint density at radius 1 is 1.00 bits per heavy atom. The van der Waals surface area contributed by atoms with Gasteiger partial charge in [0.25, 0.3) is 0 Å². The predicted octanol–water partition coefficient (Wildman–Crippen LogP) is 4.21. The first kappa shape index (κ1) is 17.1. The van der Waals surface area contributed by atoms with E-state index in [4.69, 9.17) is 4.74 Å². The average Bonchev–Trinajstić information content (AvgIpc) is 2.55. The number of amides is 1. The number of rotatable bonds is 7. The van der Waals surface area contributed by atoms with Crippen LogP contribution < -0.4 is 10.1 Å². The van der Waals surface area contributed by atoms with Gasteiger partial charge in [0, 0.05) is 13.0 Å². The van der Waals surface area contributed by atoms with E-state index in [0.29, 0.717) is 6.61 Å². The standard InChI is InChI=1S/C20H25NO2/c1-4-19(21-15(3)22)14-16-6-8-17(9-7-16)18-10-12-20(13-11-18)23-5-2/h6-13,19H,4-5,14H2,1-3H3,(H,21,22). The Hall–Kier alpha value is -2.29. The van der Waals surface area contributed by atoms with Gasteiger partial charge in [0.15, 0.2) is 0 Å². The summed E-state index contributed by atoms with van der Waals surface area (Å²) >= 11 is 0. The molecular formula is C20H25NO2. The Morgan fingerprint density at radius 2 is 1.57 bits per heavy atom. The van der Waals surface area contributed by atoms with E-state index in [1.807, 2.05) is 19.1 Å². The molecule has 2 rings (SSSR count). The van der Waals surface area contributed by atoms with Crippen LogP contribution in [0.5, 0.6) is 5.75 Å². The van der Waals surface area contributed by atoms with Gasteiger partial charge in [-0.3, -0.25) is 4.79 Å². The van der Waals surface area contributed by atoms with Crippen LogP contribution in [0, 0.1) is 0 Å². The second-order valence-electron chi connectivity index (χ2n) is 5.66. The van der Waals surface area contributed by atoms with Crippen molar-refractivity contribution in [3.8, 4) is 16.9 Å². The first-order chi connectivity index (χ1) is 11.1. The van der Waals surface area contributed by atoms with Crippen LogP contribution in [-0.2, 0) is 11.2 Å². The topological polar surface area (TPSA) is 38.3 Å². The summed E-state index contributed by atoms with van der Waals surface area (Å²) in [6.45, 7) is 6.32. The van der Waals surface area contributed by atoms with Gasteiger partial charge >= 0.3 is 0 Å². The van der Waals surface area contributed by atoms with Crippen molar-refractivity contribution in [1.29, 1.82) is 0 Å². The summed E-state index contributed by atoms with van der Waals surface area (Å²) in [7, 11) is 0. The highest BCUT2D eigenvalue weighted by atomic mass is 16.5. The lowest BCUT2D eigenvalue weighted by atomic mass is 9.99. The zero-order valence-corrected chi connectivity index (χ0v) is 14.1. The lowest BCUT2D eigenvalue weighted by Crippen LogP contribution is -2.34. The van der Waals surface area contributed by atoms with Crippen molar-refractivity contribution in [2.24, 2.45) is 0 Å². The molecule has 1 N–H and O–H groups in total. The lowest BCUT2D eigenvalue weighted by molar-refractivity contribution is -0.119. The van der Waals surface area contributed by atoms with E-state index < -0.39 is 0 Å². The van der Waals surface area contributed by atoms with E-state index in [9.17, 15) is 4.79 Å². The SMILES string of the molecule is CCOc1ccc(-c2ccc(CC(CC)NC(C)=O)cc2)cc1. The molecule has 3 nitrogen and oxygen atoms in total. The summed E-state index contributed by atoms with van der Waals surface area (Å²) in [6, 6.07) is 16.9. The molecule has 2 aromatic carbocycles. The molecule has 0 spiro atoms. The van der Waals surface area contributed by atoms with E-state index in [2.05, 4.69) is 48.6 Å². The fraction of sp³-hybridized carbons (Fsp3) is 0.350. The van der Waals surface area contributed by atoms with E-state index in [1.165, 1.54) is 16.7 Å². The summed E-state index contributed by atoms with van der Waals surface area (Å²) in [5, 5.41) is 2.99. The Labute approximate surface area is 138 Å². The molecule has 1 unspecified atom stereocenters. The summed E-state index contributed by atoms with van der Waals surface area (Å²) in [4.78, 5) is 11.2. The number of carbonyl (C=O) groups is 1. The van der Waals surface area contributed by atoms with Gasteiger partial charge in [-0.1, -0.05) is 43.3 Å². The molecule has 0 saturated heterocycles. The van der Waals surface area contributed by atoms with Gasteiger partial charge in [-0.05, 0) is 48.6 Å². The fourth-order valence-electron chi connectivity index (χ4n) is 2.61. The first-order valence-electron chi connectivity index (χ1n) is 8.21. The molecule has 0 fully saturated rings. The molecule has 0 aliphatic carbocycles. The second kappa shape index (κ2) is 8.37.